The van der Waals surface area contributed by atoms with Crippen molar-refractivity contribution < 1.29 is 4.39 Å². The summed E-state index contributed by atoms with van der Waals surface area (Å²) in [5.41, 5.74) is 6.84. The zero-order valence-corrected chi connectivity index (χ0v) is 11.4. The van der Waals surface area contributed by atoms with Crippen molar-refractivity contribution in [3.05, 3.63) is 40.9 Å². The molecule has 0 atom stereocenters. The van der Waals surface area contributed by atoms with Crippen LogP contribution in [0.4, 0.5) is 21.7 Å². The smallest absolute Gasteiger partial charge is 0.165 e. The third-order valence-corrected chi connectivity index (χ3v) is 2.99. The molecular weight excluding hydrogens is 267 g/mol. The van der Waals surface area contributed by atoms with E-state index in [1.807, 2.05) is 13.8 Å². The van der Waals surface area contributed by atoms with Crippen molar-refractivity contribution in [2.24, 2.45) is 0 Å². The molecule has 19 heavy (non-hydrogen) atoms. The molecule has 3 N–H and O–H groups in total. The average Bonchev–Trinajstić information content (AvgIpc) is 2.34. The fourth-order valence-corrected chi connectivity index (χ4v) is 1.98. The number of nitrogens with one attached hydrogen (secondary N) is 1. The normalized spacial score (nSPS) is 10.8. The predicted octanol–water partition coefficient (Wildman–Crippen LogP) is 3.72. The summed E-state index contributed by atoms with van der Waals surface area (Å²) in [7, 11) is 0. The highest BCUT2D eigenvalue weighted by atomic mass is 35.5. The largest absolute Gasteiger partial charge is 0.383 e. The SMILES string of the molecule is CC(C)c1c(N)ncnc1Nc1cccc(Cl)c1F. The average molecular weight is 281 g/mol. The Kier molecular flexibility index (Phi) is 3.85. The molecular formula is C13H14ClFN4. The number of rotatable bonds is 3. The molecule has 0 unspecified atom stereocenters. The van der Waals surface area contributed by atoms with Crippen LogP contribution in [-0.4, -0.2) is 9.97 Å². The molecule has 1 aromatic heterocycles. The molecule has 0 bridgehead atoms. The molecule has 6 heteroatoms. The van der Waals surface area contributed by atoms with E-state index < -0.39 is 5.82 Å². The van der Waals surface area contributed by atoms with Crippen LogP contribution in [0.2, 0.25) is 5.02 Å². The van der Waals surface area contributed by atoms with Crippen molar-refractivity contribution in [3.8, 4) is 0 Å². The Bertz CT molecular complexity index is 601. The molecule has 1 aromatic carbocycles. The lowest BCUT2D eigenvalue weighted by Crippen LogP contribution is -2.07. The van der Waals surface area contributed by atoms with Crippen LogP contribution in [0, 0.1) is 5.82 Å². The molecule has 0 spiro atoms. The Labute approximate surface area is 115 Å². The first-order valence-electron chi connectivity index (χ1n) is 5.82. The molecule has 0 aliphatic carbocycles. The van der Waals surface area contributed by atoms with Gasteiger partial charge in [0.1, 0.15) is 18.0 Å². The summed E-state index contributed by atoms with van der Waals surface area (Å²) in [6.07, 6.45) is 1.34. The van der Waals surface area contributed by atoms with Gasteiger partial charge in [0.05, 0.1) is 10.7 Å². The summed E-state index contributed by atoms with van der Waals surface area (Å²) in [5.74, 6) is 0.473. The summed E-state index contributed by atoms with van der Waals surface area (Å²) in [4.78, 5) is 8.06. The lowest BCUT2D eigenvalue weighted by Gasteiger charge is -2.15. The molecule has 100 valence electrons. The van der Waals surface area contributed by atoms with Crippen molar-refractivity contribution >= 4 is 28.9 Å². The highest BCUT2D eigenvalue weighted by molar-refractivity contribution is 6.31. The molecule has 0 aliphatic heterocycles. The number of halogens is 2. The topological polar surface area (TPSA) is 63.8 Å². The Morgan fingerprint density at radius 2 is 2.05 bits per heavy atom. The molecule has 0 saturated carbocycles. The Morgan fingerprint density at radius 1 is 1.32 bits per heavy atom. The lowest BCUT2D eigenvalue weighted by molar-refractivity contribution is 0.632. The first-order chi connectivity index (χ1) is 9.00. The first-order valence-corrected chi connectivity index (χ1v) is 6.20. The molecule has 0 saturated heterocycles. The lowest BCUT2D eigenvalue weighted by atomic mass is 10.0. The summed E-state index contributed by atoms with van der Waals surface area (Å²) >= 11 is 5.74. The molecule has 0 radical (unpaired) electrons. The Hall–Kier alpha value is -1.88. The van der Waals surface area contributed by atoms with E-state index in [-0.39, 0.29) is 16.6 Å². The van der Waals surface area contributed by atoms with E-state index in [1.165, 1.54) is 12.4 Å². The molecule has 2 aromatic rings. The second kappa shape index (κ2) is 5.40. The van der Waals surface area contributed by atoms with Gasteiger partial charge in [-0.05, 0) is 18.1 Å². The highest BCUT2D eigenvalue weighted by Crippen LogP contribution is 2.30. The van der Waals surface area contributed by atoms with Gasteiger partial charge in [-0.1, -0.05) is 31.5 Å². The zero-order valence-electron chi connectivity index (χ0n) is 10.6. The molecule has 4 nitrogen and oxygen atoms in total. The van der Waals surface area contributed by atoms with E-state index in [0.29, 0.717) is 11.6 Å². The van der Waals surface area contributed by atoms with Gasteiger partial charge in [-0.2, -0.15) is 0 Å². The maximum atomic E-state index is 13.9. The molecule has 0 fully saturated rings. The van der Waals surface area contributed by atoms with Crippen LogP contribution in [0.5, 0.6) is 0 Å². The van der Waals surface area contributed by atoms with Crippen molar-refractivity contribution in [3.63, 3.8) is 0 Å². The summed E-state index contributed by atoms with van der Waals surface area (Å²) in [6, 6.07) is 4.73. The van der Waals surface area contributed by atoms with Crippen LogP contribution in [0.15, 0.2) is 24.5 Å². The molecule has 2 rings (SSSR count). The van der Waals surface area contributed by atoms with Crippen molar-refractivity contribution in [1.29, 1.82) is 0 Å². The van der Waals surface area contributed by atoms with Gasteiger partial charge >= 0.3 is 0 Å². The van der Waals surface area contributed by atoms with Crippen molar-refractivity contribution in [1.82, 2.24) is 9.97 Å². The number of aromatic nitrogens is 2. The molecule has 0 amide bonds. The minimum absolute atomic E-state index is 0.0538. The summed E-state index contributed by atoms with van der Waals surface area (Å²) in [5, 5.41) is 2.97. The van der Waals surface area contributed by atoms with Gasteiger partial charge in [0.15, 0.2) is 5.82 Å². The van der Waals surface area contributed by atoms with E-state index in [9.17, 15) is 4.39 Å². The monoisotopic (exact) mass is 280 g/mol. The minimum Gasteiger partial charge on any atom is -0.383 e. The van der Waals surface area contributed by atoms with Crippen LogP contribution in [-0.2, 0) is 0 Å². The molecule has 0 aliphatic rings. The summed E-state index contributed by atoms with van der Waals surface area (Å²) in [6.45, 7) is 3.93. The van der Waals surface area contributed by atoms with Crippen LogP contribution < -0.4 is 11.1 Å². The van der Waals surface area contributed by atoms with Crippen LogP contribution in [0.1, 0.15) is 25.3 Å². The van der Waals surface area contributed by atoms with Gasteiger partial charge in [-0.25, -0.2) is 14.4 Å². The maximum Gasteiger partial charge on any atom is 0.165 e. The zero-order chi connectivity index (χ0) is 14.0. The van der Waals surface area contributed by atoms with Crippen molar-refractivity contribution in [2.45, 2.75) is 19.8 Å². The van der Waals surface area contributed by atoms with Gasteiger partial charge in [0, 0.05) is 5.56 Å². The first kappa shape index (κ1) is 13.5. The van der Waals surface area contributed by atoms with Gasteiger partial charge in [0.2, 0.25) is 0 Å². The second-order valence-corrected chi connectivity index (χ2v) is 4.81. The van der Waals surface area contributed by atoms with Crippen molar-refractivity contribution in [2.75, 3.05) is 11.1 Å². The Morgan fingerprint density at radius 3 is 2.74 bits per heavy atom. The number of benzene rings is 1. The van der Waals surface area contributed by atoms with E-state index in [1.54, 1.807) is 12.1 Å². The van der Waals surface area contributed by atoms with E-state index in [2.05, 4.69) is 15.3 Å². The third-order valence-electron chi connectivity index (χ3n) is 2.70. The second-order valence-electron chi connectivity index (χ2n) is 4.40. The van der Waals surface area contributed by atoms with Gasteiger partial charge in [-0.15, -0.1) is 0 Å². The maximum absolute atomic E-state index is 13.9. The predicted molar refractivity (Wildman–Crippen MR) is 75.2 cm³/mol. The van der Waals surface area contributed by atoms with E-state index in [4.69, 9.17) is 17.3 Å². The number of nitrogen functional groups attached to an aromatic ring is 1. The number of anilines is 3. The van der Waals surface area contributed by atoms with Gasteiger partial charge in [0.25, 0.3) is 0 Å². The summed E-state index contributed by atoms with van der Waals surface area (Å²) < 4.78 is 13.9. The standard InChI is InChI=1S/C13H14ClFN4/c1-7(2)10-12(16)17-6-18-13(10)19-9-5-3-4-8(14)11(9)15/h3-7H,1-2H3,(H3,16,17,18,19). The Balaban J connectivity index is 2.44. The minimum atomic E-state index is -0.518. The van der Waals surface area contributed by atoms with Crippen LogP contribution in [0.25, 0.3) is 0 Å². The van der Waals surface area contributed by atoms with Crippen LogP contribution >= 0.6 is 11.6 Å². The van der Waals surface area contributed by atoms with Crippen LogP contribution in [0.3, 0.4) is 0 Å². The fourth-order valence-electron chi connectivity index (χ4n) is 1.81. The number of hydrogen-bond donors (Lipinski definition) is 2. The number of nitrogens with zero attached hydrogens (tertiary/aromatic N) is 2. The molecule has 1 heterocycles. The number of hydrogen-bond acceptors (Lipinski definition) is 4. The van der Waals surface area contributed by atoms with Gasteiger partial charge in [-0.3, -0.25) is 0 Å². The fraction of sp³-hybridized carbons (Fsp3) is 0.231. The van der Waals surface area contributed by atoms with E-state index >= 15 is 0 Å². The van der Waals surface area contributed by atoms with Gasteiger partial charge < -0.3 is 11.1 Å². The number of nitrogens with two attached hydrogens (primary N) is 1. The highest BCUT2D eigenvalue weighted by Gasteiger charge is 2.15. The third kappa shape index (κ3) is 2.76. The van der Waals surface area contributed by atoms with E-state index in [0.717, 1.165) is 5.56 Å². The quantitative estimate of drug-likeness (QED) is 0.899.